The normalized spacial score (nSPS) is 25.8. The quantitative estimate of drug-likeness (QED) is 0.506. The molecule has 1 aromatic rings. The van der Waals surface area contributed by atoms with E-state index < -0.39 is 11.9 Å². The third-order valence-corrected chi connectivity index (χ3v) is 6.12. The topological polar surface area (TPSA) is 124 Å². The van der Waals surface area contributed by atoms with Gasteiger partial charge in [0.2, 0.25) is 0 Å². The van der Waals surface area contributed by atoms with Crippen molar-refractivity contribution in [2.45, 2.75) is 43.2 Å². The van der Waals surface area contributed by atoms with Crippen molar-refractivity contribution in [2.75, 3.05) is 25.4 Å². The van der Waals surface area contributed by atoms with Gasteiger partial charge in [0.05, 0.1) is 23.5 Å². The zero-order valence-electron chi connectivity index (χ0n) is 14.0. The largest absolute Gasteiger partial charge is 0.473 e. The molecule has 0 spiro atoms. The van der Waals surface area contributed by atoms with Gasteiger partial charge in [0.25, 0.3) is 0 Å². The summed E-state index contributed by atoms with van der Waals surface area (Å²) in [6.45, 7) is 5.54. The van der Waals surface area contributed by atoms with Gasteiger partial charge in [0.15, 0.2) is 0 Å². The Bertz CT molecular complexity index is 575. The molecule has 4 heterocycles. The summed E-state index contributed by atoms with van der Waals surface area (Å²) in [6, 6.07) is 0. The highest BCUT2D eigenvalue weighted by atomic mass is 32.2. The Kier molecular flexibility index (Phi) is 7.60. The molecular weight excluding hydrogens is 366 g/mol. The molecule has 0 radical (unpaired) electrons. The molecule has 25 heavy (non-hydrogen) atoms. The number of aliphatic hydroxyl groups is 1. The molecule has 3 aliphatic heterocycles. The number of aliphatic carboxylic acids is 2. The van der Waals surface area contributed by atoms with Gasteiger partial charge in [-0.25, -0.2) is 9.59 Å². The van der Waals surface area contributed by atoms with Crippen LogP contribution < -0.4 is 0 Å². The van der Waals surface area contributed by atoms with Gasteiger partial charge in [0.1, 0.15) is 5.03 Å². The standard InChI is InChI=1S/C13H21N3OS2.C2H2O4/c1-9(17)4-7-18-13-12(14-19-15-13)11-8-16-5-2-10(11)3-6-16;3-1(4)2(5)6/h9-11,17H,2-8H2,1H3;(H,3,4)(H,5,6). The van der Waals surface area contributed by atoms with Crippen LogP contribution in [0.2, 0.25) is 0 Å². The first-order valence-electron chi connectivity index (χ1n) is 8.20. The van der Waals surface area contributed by atoms with Crippen LogP contribution in [0.4, 0.5) is 0 Å². The summed E-state index contributed by atoms with van der Waals surface area (Å²) in [5.41, 5.74) is 1.23. The number of hydrogen-bond acceptors (Lipinski definition) is 8. The maximum absolute atomic E-state index is 9.33. The van der Waals surface area contributed by atoms with Crippen molar-refractivity contribution in [2.24, 2.45) is 5.92 Å². The summed E-state index contributed by atoms with van der Waals surface area (Å²) in [7, 11) is 0. The van der Waals surface area contributed by atoms with Crippen molar-refractivity contribution in [1.82, 2.24) is 13.6 Å². The van der Waals surface area contributed by atoms with E-state index >= 15 is 0 Å². The Hall–Kier alpha value is -1.23. The smallest absolute Gasteiger partial charge is 0.414 e. The van der Waals surface area contributed by atoms with E-state index in [-0.39, 0.29) is 6.10 Å². The van der Waals surface area contributed by atoms with Gasteiger partial charge in [-0.05, 0) is 45.2 Å². The molecule has 0 aromatic carbocycles. The van der Waals surface area contributed by atoms with E-state index in [1.807, 2.05) is 6.92 Å². The van der Waals surface area contributed by atoms with Crippen molar-refractivity contribution < 1.29 is 24.9 Å². The maximum atomic E-state index is 9.33. The molecule has 0 aliphatic carbocycles. The van der Waals surface area contributed by atoms with E-state index in [0.717, 1.165) is 23.1 Å². The fraction of sp³-hybridized carbons (Fsp3) is 0.733. The second-order valence-electron chi connectivity index (χ2n) is 6.30. The van der Waals surface area contributed by atoms with Crippen LogP contribution in [0, 0.1) is 5.92 Å². The van der Waals surface area contributed by atoms with Gasteiger partial charge in [-0.2, -0.15) is 8.75 Å². The average Bonchev–Trinajstić information content (AvgIpc) is 3.04. The van der Waals surface area contributed by atoms with E-state index in [2.05, 4.69) is 13.6 Å². The van der Waals surface area contributed by atoms with Crippen molar-refractivity contribution >= 4 is 35.4 Å². The fourth-order valence-corrected chi connectivity index (χ4v) is 5.00. The van der Waals surface area contributed by atoms with Gasteiger partial charge >= 0.3 is 11.9 Å². The molecule has 1 aromatic heterocycles. The second kappa shape index (κ2) is 9.46. The number of carboxylic acids is 2. The molecule has 4 rings (SSSR count). The van der Waals surface area contributed by atoms with Gasteiger partial charge in [-0.15, -0.1) is 11.8 Å². The molecule has 3 N–H and O–H groups in total. The Morgan fingerprint density at radius 2 is 1.92 bits per heavy atom. The molecule has 3 saturated heterocycles. The summed E-state index contributed by atoms with van der Waals surface area (Å²) in [6.07, 6.45) is 3.24. The molecule has 140 valence electrons. The van der Waals surface area contributed by atoms with E-state index in [0.29, 0.717) is 5.92 Å². The van der Waals surface area contributed by atoms with Crippen LogP contribution in [0.15, 0.2) is 5.03 Å². The van der Waals surface area contributed by atoms with Gasteiger partial charge in [0, 0.05) is 18.2 Å². The lowest BCUT2D eigenvalue weighted by molar-refractivity contribution is -0.159. The first-order valence-corrected chi connectivity index (χ1v) is 9.92. The van der Waals surface area contributed by atoms with E-state index in [1.54, 1.807) is 11.8 Å². The molecule has 2 unspecified atom stereocenters. The SMILES string of the molecule is CC(O)CCSc1nsnc1C1CN2CCC1CC2.O=C(O)C(=O)O. The number of aliphatic hydroxyl groups excluding tert-OH is 1. The van der Waals surface area contributed by atoms with Crippen LogP contribution >= 0.6 is 23.5 Å². The molecule has 8 nitrogen and oxygen atoms in total. The monoisotopic (exact) mass is 389 g/mol. The van der Waals surface area contributed by atoms with Crippen LogP contribution in [-0.2, 0) is 9.59 Å². The van der Waals surface area contributed by atoms with Gasteiger partial charge in [-0.1, -0.05) is 0 Å². The Morgan fingerprint density at radius 3 is 2.40 bits per heavy atom. The van der Waals surface area contributed by atoms with Crippen molar-refractivity contribution in [3.63, 3.8) is 0 Å². The first kappa shape index (κ1) is 20.1. The summed E-state index contributed by atoms with van der Waals surface area (Å²) >= 11 is 3.11. The average molecular weight is 389 g/mol. The van der Waals surface area contributed by atoms with Crippen LogP contribution in [0.25, 0.3) is 0 Å². The molecule has 2 bridgehead atoms. The molecule has 2 atom stereocenters. The Labute approximate surface area is 154 Å². The predicted molar refractivity (Wildman–Crippen MR) is 94.1 cm³/mol. The minimum atomic E-state index is -1.82. The number of piperidine rings is 3. The molecule has 0 saturated carbocycles. The number of carbonyl (C=O) groups is 2. The minimum Gasteiger partial charge on any atom is -0.473 e. The number of aromatic nitrogens is 2. The zero-order valence-corrected chi connectivity index (χ0v) is 15.6. The van der Waals surface area contributed by atoms with Gasteiger partial charge in [-0.3, -0.25) is 0 Å². The van der Waals surface area contributed by atoms with Crippen molar-refractivity contribution in [3.8, 4) is 0 Å². The van der Waals surface area contributed by atoms with E-state index in [4.69, 9.17) is 19.8 Å². The number of nitrogens with zero attached hydrogens (tertiary/aromatic N) is 3. The predicted octanol–water partition coefficient (Wildman–Crippen LogP) is 1.37. The highest BCUT2D eigenvalue weighted by Gasteiger charge is 2.37. The highest BCUT2D eigenvalue weighted by Crippen LogP contribution is 2.41. The third kappa shape index (κ3) is 5.91. The number of rotatable bonds is 5. The molecule has 3 aliphatic rings. The maximum Gasteiger partial charge on any atom is 0.414 e. The molecule has 3 fully saturated rings. The molecule has 10 heteroatoms. The summed E-state index contributed by atoms with van der Waals surface area (Å²) in [5, 5.41) is 25.2. The lowest BCUT2D eigenvalue weighted by Gasteiger charge is -2.44. The highest BCUT2D eigenvalue weighted by molar-refractivity contribution is 7.99. The lowest BCUT2D eigenvalue weighted by atomic mass is 9.78. The zero-order chi connectivity index (χ0) is 18.4. The number of fused-ring (bicyclic) bond motifs is 3. The van der Waals surface area contributed by atoms with E-state index in [9.17, 15) is 5.11 Å². The van der Waals surface area contributed by atoms with E-state index in [1.165, 1.54) is 49.9 Å². The van der Waals surface area contributed by atoms with Gasteiger partial charge < -0.3 is 20.2 Å². The number of hydrogen-bond donors (Lipinski definition) is 3. The number of carboxylic acid groups (broad SMARTS) is 2. The summed E-state index contributed by atoms with van der Waals surface area (Å²) < 4.78 is 9.04. The summed E-state index contributed by atoms with van der Waals surface area (Å²) in [5.74, 6) is -1.32. The fourth-order valence-electron chi connectivity index (χ4n) is 3.11. The molecule has 0 amide bonds. The number of thioether (sulfide) groups is 1. The van der Waals surface area contributed by atoms with Crippen LogP contribution in [0.1, 0.15) is 37.8 Å². The van der Waals surface area contributed by atoms with Crippen molar-refractivity contribution in [1.29, 1.82) is 0 Å². The molecular formula is C15H23N3O5S2. The minimum absolute atomic E-state index is 0.223. The van der Waals surface area contributed by atoms with Crippen LogP contribution in [0.3, 0.4) is 0 Å². The Morgan fingerprint density at radius 1 is 1.28 bits per heavy atom. The van der Waals surface area contributed by atoms with Crippen LogP contribution in [0.5, 0.6) is 0 Å². The van der Waals surface area contributed by atoms with Crippen LogP contribution in [-0.4, -0.2) is 72.4 Å². The summed E-state index contributed by atoms with van der Waals surface area (Å²) in [4.78, 5) is 20.8. The second-order valence-corrected chi connectivity index (χ2v) is 7.91. The third-order valence-electron chi connectivity index (χ3n) is 4.45. The Balaban J connectivity index is 0.000000326. The lowest BCUT2D eigenvalue weighted by Crippen LogP contribution is -2.46. The first-order chi connectivity index (χ1) is 11.9. The van der Waals surface area contributed by atoms with Crippen molar-refractivity contribution in [3.05, 3.63) is 5.69 Å².